The predicted molar refractivity (Wildman–Crippen MR) is 113 cm³/mol. The van der Waals surface area contributed by atoms with Crippen molar-refractivity contribution in [1.82, 2.24) is 14.8 Å². The highest BCUT2D eigenvalue weighted by Crippen LogP contribution is 2.28. The number of hydrogen-bond acceptors (Lipinski definition) is 5. The van der Waals surface area contributed by atoms with Gasteiger partial charge in [0, 0.05) is 11.7 Å². The fraction of sp³-hybridized carbons (Fsp3) is 0.333. The zero-order valence-electron chi connectivity index (χ0n) is 17.0. The number of anilines is 1. The van der Waals surface area contributed by atoms with Gasteiger partial charge in [0.05, 0.1) is 40.5 Å². The summed E-state index contributed by atoms with van der Waals surface area (Å²) in [6, 6.07) is 6.45. The minimum atomic E-state index is -0.510. The summed E-state index contributed by atoms with van der Waals surface area (Å²) in [5.41, 5.74) is 2.52. The Hall–Kier alpha value is -2.93. The van der Waals surface area contributed by atoms with Crippen molar-refractivity contribution in [2.75, 3.05) is 12.4 Å². The molecule has 0 spiro atoms. The van der Waals surface area contributed by atoms with E-state index in [1.54, 1.807) is 23.0 Å². The molecule has 1 aromatic carbocycles. The number of esters is 1. The standard InChI is InChI=1S/C21H23ClN4O3/c1-11(2)17-9-14(15-10-23-26(12(3)4)19(15)24-17)20(27)25-18-8-13(21(28)29-5)6-7-16(18)22/h6-12H,1-5H3,(H,25,27). The Labute approximate surface area is 174 Å². The van der Waals surface area contributed by atoms with Gasteiger partial charge in [-0.25, -0.2) is 14.5 Å². The summed E-state index contributed by atoms with van der Waals surface area (Å²) in [6.45, 7) is 8.05. The number of carbonyl (C=O) groups excluding carboxylic acids is 2. The van der Waals surface area contributed by atoms with Gasteiger partial charge < -0.3 is 10.1 Å². The highest BCUT2D eigenvalue weighted by Gasteiger charge is 2.20. The van der Waals surface area contributed by atoms with Crippen LogP contribution in [0.5, 0.6) is 0 Å². The monoisotopic (exact) mass is 414 g/mol. The van der Waals surface area contributed by atoms with E-state index in [0.717, 1.165) is 5.69 Å². The van der Waals surface area contributed by atoms with Crippen LogP contribution in [0.2, 0.25) is 5.02 Å². The molecular formula is C21H23ClN4O3. The van der Waals surface area contributed by atoms with Gasteiger partial charge in [0.15, 0.2) is 5.65 Å². The van der Waals surface area contributed by atoms with E-state index < -0.39 is 5.97 Å². The molecule has 0 unspecified atom stereocenters. The van der Waals surface area contributed by atoms with Crippen molar-refractivity contribution >= 4 is 40.2 Å². The van der Waals surface area contributed by atoms with Crippen LogP contribution in [0.3, 0.4) is 0 Å². The van der Waals surface area contributed by atoms with Crippen molar-refractivity contribution in [3.8, 4) is 0 Å². The quantitative estimate of drug-likeness (QED) is 0.604. The number of methoxy groups -OCH3 is 1. The van der Waals surface area contributed by atoms with Gasteiger partial charge in [-0.1, -0.05) is 25.4 Å². The first kappa shape index (κ1) is 20.8. The molecule has 3 rings (SSSR count). The number of ether oxygens (including phenoxy) is 1. The largest absolute Gasteiger partial charge is 0.465 e. The number of aromatic nitrogens is 3. The van der Waals surface area contributed by atoms with Crippen molar-refractivity contribution in [2.45, 2.75) is 39.7 Å². The second-order valence-corrected chi connectivity index (χ2v) is 7.72. The summed E-state index contributed by atoms with van der Waals surface area (Å²) >= 11 is 6.23. The Kier molecular flexibility index (Phi) is 5.88. The zero-order chi connectivity index (χ0) is 21.3. The van der Waals surface area contributed by atoms with Gasteiger partial charge in [0.1, 0.15) is 0 Å². The summed E-state index contributed by atoms with van der Waals surface area (Å²) < 4.78 is 6.53. The molecule has 8 heteroatoms. The second-order valence-electron chi connectivity index (χ2n) is 7.31. The topological polar surface area (TPSA) is 86.1 Å². The van der Waals surface area contributed by atoms with Gasteiger partial charge in [-0.15, -0.1) is 0 Å². The van der Waals surface area contributed by atoms with Crippen molar-refractivity contribution in [2.24, 2.45) is 0 Å². The zero-order valence-corrected chi connectivity index (χ0v) is 17.7. The van der Waals surface area contributed by atoms with Crippen LogP contribution in [-0.2, 0) is 4.74 Å². The lowest BCUT2D eigenvalue weighted by atomic mass is 10.0. The maximum Gasteiger partial charge on any atom is 0.337 e. The Bertz CT molecular complexity index is 1090. The molecule has 0 aliphatic rings. The first-order valence-corrected chi connectivity index (χ1v) is 9.68. The van der Waals surface area contributed by atoms with E-state index >= 15 is 0 Å². The number of rotatable bonds is 5. The van der Waals surface area contributed by atoms with E-state index in [2.05, 4.69) is 10.4 Å². The Morgan fingerprint density at radius 3 is 2.52 bits per heavy atom. The summed E-state index contributed by atoms with van der Waals surface area (Å²) in [4.78, 5) is 29.6. The lowest BCUT2D eigenvalue weighted by Crippen LogP contribution is -2.15. The van der Waals surface area contributed by atoms with Crippen molar-refractivity contribution in [3.05, 3.63) is 52.3 Å². The van der Waals surface area contributed by atoms with E-state index in [0.29, 0.717) is 32.9 Å². The lowest BCUT2D eigenvalue weighted by Gasteiger charge is -2.13. The number of carbonyl (C=O) groups is 2. The maximum absolute atomic E-state index is 13.1. The van der Waals surface area contributed by atoms with Gasteiger partial charge in [-0.3, -0.25) is 4.79 Å². The van der Waals surface area contributed by atoms with Gasteiger partial charge in [0.25, 0.3) is 5.91 Å². The smallest absolute Gasteiger partial charge is 0.337 e. The molecule has 3 aromatic rings. The third kappa shape index (κ3) is 4.10. The molecule has 2 aromatic heterocycles. The first-order valence-electron chi connectivity index (χ1n) is 9.30. The van der Waals surface area contributed by atoms with E-state index in [1.165, 1.54) is 19.2 Å². The molecule has 1 N–H and O–H groups in total. The van der Waals surface area contributed by atoms with E-state index in [1.807, 2.05) is 27.7 Å². The molecule has 0 radical (unpaired) electrons. The molecule has 0 aliphatic heterocycles. The molecule has 2 heterocycles. The van der Waals surface area contributed by atoms with Crippen LogP contribution in [0.25, 0.3) is 11.0 Å². The van der Waals surface area contributed by atoms with Crippen molar-refractivity contribution < 1.29 is 14.3 Å². The Morgan fingerprint density at radius 2 is 1.90 bits per heavy atom. The third-order valence-corrected chi connectivity index (χ3v) is 4.88. The van der Waals surface area contributed by atoms with Gasteiger partial charge in [0.2, 0.25) is 0 Å². The number of pyridine rings is 1. The molecule has 29 heavy (non-hydrogen) atoms. The summed E-state index contributed by atoms with van der Waals surface area (Å²) in [7, 11) is 1.29. The molecule has 0 bridgehead atoms. The Morgan fingerprint density at radius 1 is 1.17 bits per heavy atom. The molecule has 0 atom stereocenters. The normalized spacial score (nSPS) is 11.3. The molecule has 152 valence electrons. The van der Waals surface area contributed by atoms with Gasteiger partial charge in [-0.2, -0.15) is 5.10 Å². The van der Waals surface area contributed by atoms with Crippen molar-refractivity contribution in [3.63, 3.8) is 0 Å². The molecular weight excluding hydrogens is 392 g/mol. The minimum absolute atomic E-state index is 0.101. The van der Waals surface area contributed by atoms with E-state index in [9.17, 15) is 9.59 Å². The third-order valence-electron chi connectivity index (χ3n) is 4.55. The van der Waals surface area contributed by atoms with Crippen molar-refractivity contribution in [1.29, 1.82) is 0 Å². The van der Waals surface area contributed by atoms with Crippen LogP contribution >= 0.6 is 11.6 Å². The van der Waals surface area contributed by atoms with Crippen LogP contribution in [0, 0.1) is 0 Å². The molecule has 0 saturated carbocycles. The maximum atomic E-state index is 13.1. The second kappa shape index (κ2) is 8.21. The number of hydrogen-bond donors (Lipinski definition) is 1. The Balaban J connectivity index is 2.07. The number of amides is 1. The fourth-order valence-corrected chi connectivity index (χ4v) is 3.12. The molecule has 1 amide bonds. The average molecular weight is 415 g/mol. The van der Waals surface area contributed by atoms with Crippen LogP contribution in [0.15, 0.2) is 30.5 Å². The molecule has 0 saturated heterocycles. The summed E-state index contributed by atoms with van der Waals surface area (Å²) in [5, 5.41) is 8.17. The summed E-state index contributed by atoms with van der Waals surface area (Å²) in [6.07, 6.45) is 1.65. The SMILES string of the molecule is COC(=O)c1ccc(Cl)c(NC(=O)c2cc(C(C)C)nc3c2cnn3C(C)C)c1. The van der Waals surface area contributed by atoms with Crippen LogP contribution in [0.1, 0.15) is 66.1 Å². The lowest BCUT2D eigenvalue weighted by molar-refractivity contribution is 0.0600. The number of benzene rings is 1. The highest BCUT2D eigenvalue weighted by molar-refractivity contribution is 6.34. The highest BCUT2D eigenvalue weighted by atomic mass is 35.5. The summed E-state index contributed by atoms with van der Waals surface area (Å²) in [5.74, 6) is -0.733. The first-order chi connectivity index (χ1) is 13.7. The van der Waals surface area contributed by atoms with Crippen LogP contribution in [-0.4, -0.2) is 33.8 Å². The molecule has 7 nitrogen and oxygen atoms in total. The van der Waals surface area contributed by atoms with Gasteiger partial charge in [-0.05, 0) is 44.0 Å². The van der Waals surface area contributed by atoms with Gasteiger partial charge >= 0.3 is 5.97 Å². The van der Waals surface area contributed by atoms with E-state index in [-0.39, 0.29) is 17.9 Å². The number of nitrogens with one attached hydrogen (secondary N) is 1. The van der Waals surface area contributed by atoms with Crippen LogP contribution < -0.4 is 5.32 Å². The minimum Gasteiger partial charge on any atom is -0.465 e. The number of nitrogens with zero attached hydrogens (tertiary/aromatic N) is 3. The number of fused-ring (bicyclic) bond motifs is 1. The van der Waals surface area contributed by atoms with Crippen LogP contribution in [0.4, 0.5) is 5.69 Å². The molecule has 0 aliphatic carbocycles. The molecule has 0 fully saturated rings. The number of halogens is 1. The van der Waals surface area contributed by atoms with E-state index in [4.69, 9.17) is 21.3 Å². The predicted octanol–water partition coefficient (Wildman–Crippen LogP) is 4.83. The average Bonchev–Trinajstić information content (AvgIpc) is 3.12. The fourth-order valence-electron chi connectivity index (χ4n) is 2.95.